The van der Waals surface area contributed by atoms with Crippen molar-refractivity contribution in [1.82, 2.24) is 9.88 Å². The van der Waals surface area contributed by atoms with Crippen molar-refractivity contribution < 1.29 is 14.6 Å². The predicted octanol–water partition coefficient (Wildman–Crippen LogP) is 0.800. The molecule has 1 aromatic heterocycles. The Labute approximate surface area is 106 Å². The molecule has 0 amide bonds. The zero-order valence-electron chi connectivity index (χ0n) is 10.3. The standard InChI is InChI=1S/C13H18N2O3/c16-13(17)9-12-10-15(7-8-18-12)6-3-11-1-4-14-5-2-11/h1-2,4-5,12H,3,6-10H2,(H,16,17). The van der Waals surface area contributed by atoms with Gasteiger partial charge in [-0.3, -0.25) is 14.7 Å². The van der Waals surface area contributed by atoms with E-state index in [0.717, 1.165) is 19.5 Å². The van der Waals surface area contributed by atoms with Gasteiger partial charge in [0.1, 0.15) is 0 Å². The molecule has 1 saturated heterocycles. The molecule has 1 unspecified atom stereocenters. The van der Waals surface area contributed by atoms with Crippen molar-refractivity contribution >= 4 is 5.97 Å². The van der Waals surface area contributed by atoms with Gasteiger partial charge in [-0.15, -0.1) is 0 Å². The van der Waals surface area contributed by atoms with E-state index in [1.54, 1.807) is 12.4 Å². The van der Waals surface area contributed by atoms with Crippen molar-refractivity contribution in [2.75, 3.05) is 26.2 Å². The fraction of sp³-hybridized carbons (Fsp3) is 0.538. The second kappa shape index (κ2) is 6.47. The van der Waals surface area contributed by atoms with Crippen molar-refractivity contribution in [3.05, 3.63) is 30.1 Å². The van der Waals surface area contributed by atoms with Crippen LogP contribution in [0.1, 0.15) is 12.0 Å². The molecule has 1 N–H and O–H groups in total. The van der Waals surface area contributed by atoms with E-state index in [1.807, 2.05) is 12.1 Å². The summed E-state index contributed by atoms with van der Waals surface area (Å²) >= 11 is 0. The maximum Gasteiger partial charge on any atom is 0.306 e. The Hall–Kier alpha value is -1.46. The highest BCUT2D eigenvalue weighted by atomic mass is 16.5. The molecule has 0 aliphatic carbocycles. The molecule has 98 valence electrons. The maximum atomic E-state index is 10.6. The highest BCUT2D eigenvalue weighted by molar-refractivity contribution is 5.67. The number of hydrogen-bond acceptors (Lipinski definition) is 4. The Balaban J connectivity index is 1.77. The second-order valence-electron chi connectivity index (χ2n) is 4.50. The second-order valence-corrected chi connectivity index (χ2v) is 4.50. The van der Waals surface area contributed by atoms with Gasteiger partial charge >= 0.3 is 5.97 Å². The number of carboxylic acids is 1. The fourth-order valence-corrected chi connectivity index (χ4v) is 2.14. The van der Waals surface area contributed by atoms with Crippen molar-refractivity contribution in [3.8, 4) is 0 Å². The lowest BCUT2D eigenvalue weighted by Gasteiger charge is -2.32. The fourth-order valence-electron chi connectivity index (χ4n) is 2.14. The molecule has 18 heavy (non-hydrogen) atoms. The number of ether oxygens (including phenoxy) is 1. The summed E-state index contributed by atoms with van der Waals surface area (Å²) in [7, 11) is 0. The van der Waals surface area contributed by atoms with Crippen LogP contribution >= 0.6 is 0 Å². The molecule has 2 rings (SSSR count). The summed E-state index contributed by atoms with van der Waals surface area (Å²) < 4.78 is 5.44. The smallest absolute Gasteiger partial charge is 0.306 e. The van der Waals surface area contributed by atoms with E-state index in [0.29, 0.717) is 13.2 Å². The molecule has 0 bridgehead atoms. The number of aliphatic carboxylic acids is 1. The van der Waals surface area contributed by atoms with Gasteiger partial charge in [-0.05, 0) is 24.1 Å². The molecule has 0 spiro atoms. The van der Waals surface area contributed by atoms with Crippen LogP contribution in [0, 0.1) is 0 Å². The molecule has 0 aromatic carbocycles. The van der Waals surface area contributed by atoms with E-state index in [4.69, 9.17) is 9.84 Å². The Bertz CT molecular complexity index is 383. The minimum atomic E-state index is -0.795. The maximum absolute atomic E-state index is 10.6. The van der Waals surface area contributed by atoms with Crippen molar-refractivity contribution in [1.29, 1.82) is 0 Å². The molecular weight excluding hydrogens is 232 g/mol. The number of carboxylic acid groups (broad SMARTS) is 1. The quantitative estimate of drug-likeness (QED) is 0.837. The van der Waals surface area contributed by atoms with Gasteiger partial charge in [0.25, 0.3) is 0 Å². The van der Waals surface area contributed by atoms with Gasteiger partial charge < -0.3 is 9.84 Å². The van der Waals surface area contributed by atoms with E-state index in [1.165, 1.54) is 5.56 Å². The number of carbonyl (C=O) groups is 1. The number of aromatic nitrogens is 1. The van der Waals surface area contributed by atoms with Gasteiger partial charge in [0.05, 0.1) is 19.1 Å². The van der Waals surface area contributed by atoms with Crippen LogP contribution < -0.4 is 0 Å². The Kier molecular flexibility index (Phi) is 4.66. The van der Waals surface area contributed by atoms with Crippen molar-refractivity contribution in [2.45, 2.75) is 18.9 Å². The zero-order valence-corrected chi connectivity index (χ0v) is 10.3. The summed E-state index contributed by atoms with van der Waals surface area (Å²) in [6.07, 6.45) is 4.46. The third-order valence-electron chi connectivity index (χ3n) is 3.09. The van der Waals surface area contributed by atoms with Crippen LogP contribution in [0.15, 0.2) is 24.5 Å². The SMILES string of the molecule is O=C(O)CC1CN(CCc2ccncc2)CCO1. The molecule has 0 radical (unpaired) electrons. The molecular formula is C13H18N2O3. The summed E-state index contributed by atoms with van der Waals surface area (Å²) in [5, 5.41) is 8.75. The summed E-state index contributed by atoms with van der Waals surface area (Å²) in [4.78, 5) is 16.9. The first kappa shape index (κ1) is 13.0. The summed E-state index contributed by atoms with van der Waals surface area (Å²) in [6, 6.07) is 4.02. The zero-order chi connectivity index (χ0) is 12.8. The Morgan fingerprint density at radius 1 is 1.50 bits per heavy atom. The van der Waals surface area contributed by atoms with E-state index in [2.05, 4.69) is 9.88 Å². The van der Waals surface area contributed by atoms with Crippen molar-refractivity contribution in [3.63, 3.8) is 0 Å². The average Bonchev–Trinajstić information content (AvgIpc) is 2.37. The van der Waals surface area contributed by atoms with E-state index >= 15 is 0 Å². The number of hydrogen-bond donors (Lipinski definition) is 1. The molecule has 1 fully saturated rings. The third kappa shape index (κ3) is 4.09. The first-order valence-corrected chi connectivity index (χ1v) is 6.18. The number of rotatable bonds is 5. The lowest BCUT2D eigenvalue weighted by atomic mass is 10.1. The number of morpholine rings is 1. The highest BCUT2D eigenvalue weighted by Crippen LogP contribution is 2.09. The highest BCUT2D eigenvalue weighted by Gasteiger charge is 2.22. The van der Waals surface area contributed by atoms with Gasteiger partial charge in [0, 0.05) is 32.0 Å². The first-order valence-electron chi connectivity index (χ1n) is 6.18. The van der Waals surface area contributed by atoms with Crippen molar-refractivity contribution in [2.24, 2.45) is 0 Å². The topological polar surface area (TPSA) is 62.7 Å². The van der Waals surface area contributed by atoms with Crippen LogP contribution in [0.25, 0.3) is 0 Å². The largest absolute Gasteiger partial charge is 0.481 e. The molecule has 0 saturated carbocycles. The minimum Gasteiger partial charge on any atom is -0.481 e. The summed E-state index contributed by atoms with van der Waals surface area (Å²) in [6.45, 7) is 3.14. The first-order chi connectivity index (χ1) is 8.74. The van der Waals surface area contributed by atoms with Crippen LogP contribution in [-0.2, 0) is 16.0 Å². The van der Waals surface area contributed by atoms with Gasteiger partial charge in [0.15, 0.2) is 0 Å². The van der Waals surface area contributed by atoms with Crippen LogP contribution in [0.4, 0.5) is 0 Å². The van der Waals surface area contributed by atoms with Crippen LogP contribution in [-0.4, -0.2) is 53.3 Å². The van der Waals surface area contributed by atoms with Crippen LogP contribution in [0.5, 0.6) is 0 Å². The Morgan fingerprint density at radius 3 is 3.00 bits per heavy atom. The van der Waals surface area contributed by atoms with Gasteiger partial charge in [-0.2, -0.15) is 0 Å². The van der Waals surface area contributed by atoms with E-state index < -0.39 is 5.97 Å². The number of nitrogens with zero attached hydrogens (tertiary/aromatic N) is 2. The molecule has 1 aromatic rings. The molecule has 5 heteroatoms. The summed E-state index contributed by atoms with van der Waals surface area (Å²) in [5.41, 5.74) is 1.26. The Morgan fingerprint density at radius 2 is 2.28 bits per heavy atom. The predicted molar refractivity (Wildman–Crippen MR) is 66.4 cm³/mol. The van der Waals surface area contributed by atoms with E-state index in [-0.39, 0.29) is 12.5 Å². The lowest BCUT2D eigenvalue weighted by Crippen LogP contribution is -2.44. The molecule has 5 nitrogen and oxygen atoms in total. The normalized spacial score (nSPS) is 20.8. The third-order valence-corrected chi connectivity index (χ3v) is 3.09. The number of pyridine rings is 1. The average molecular weight is 250 g/mol. The molecule has 2 heterocycles. The lowest BCUT2D eigenvalue weighted by molar-refractivity contribution is -0.142. The van der Waals surface area contributed by atoms with Crippen LogP contribution in [0.2, 0.25) is 0 Å². The van der Waals surface area contributed by atoms with Gasteiger partial charge in [-0.25, -0.2) is 0 Å². The minimum absolute atomic E-state index is 0.0890. The van der Waals surface area contributed by atoms with Crippen LogP contribution in [0.3, 0.4) is 0 Å². The molecule has 1 aliphatic rings. The van der Waals surface area contributed by atoms with E-state index in [9.17, 15) is 4.79 Å². The molecule has 1 atom stereocenters. The van der Waals surface area contributed by atoms with Gasteiger partial charge in [0.2, 0.25) is 0 Å². The van der Waals surface area contributed by atoms with Gasteiger partial charge in [-0.1, -0.05) is 0 Å². The molecule has 1 aliphatic heterocycles. The summed E-state index contributed by atoms with van der Waals surface area (Å²) in [5.74, 6) is -0.795. The monoisotopic (exact) mass is 250 g/mol.